The van der Waals surface area contributed by atoms with Gasteiger partial charge in [-0.2, -0.15) is 0 Å². The van der Waals surface area contributed by atoms with Crippen molar-refractivity contribution in [2.75, 3.05) is 0 Å². The summed E-state index contributed by atoms with van der Waals surface area (Å²) in [5.74, 6) is -1.91. The highest BCUT2D eigenvalue weighted by Crippen LogP contribution is 2.72. The average Bonchev–Trinajstić information content (AvgIpc) is 2.97. The van der Waals surface area contributed by atoms with Crippen LogP contribution in [0, 0.1) is 34.0 Å². The van der Waals surface area contributed by atoms with Crippen molar-refractivity contribution in [2.45, 2.75) is 67.7 Å². The van der Waals surface area contributed by atoms with Gasteiger partial charge in [0.1, 0.15) is 11.3 Å². The van der Waals surface area contributed by atoms with Crippen molar-refractivity contribution in [3.63, 3.8) is 0 Å². The standard InChI is InChI=1S/C25H34O4/c1-13(2)9-10-24-12-17-23(7,8)16(14(3)4)11-25(17,22(24)29)21(28)18(20(24)27)19(26)15(5)6/h9,15-17,27H,3,10-12H2,1-2,4-8H3/t16-,17?,24?,25?/m1/s1. The van der Waals surface area contributed by atoms with Crippen molar-refractivity contribution in [3.05, 3.63) is 35.1 Å². The van der Waals surface area contributed by atoms with Gasteiger partial charge in [-0.05, 0) is 57.3 Å². The summed E-state index contributed by atoms with van der Waals surface area (Å²) >= 11 is 0. The molecule has 158 valence electrons. The molecule has 0 aliphatic heterocycles. The fourth-order valence-corrected chi connectivity index (χ4v) is 6.27. The molecule has 4 atom stereocenters. The molecule has 3 aliphatic rings. The van der Waals surface area contributed by atoms with E-state index in [2.05, 4.69) is 20.4 Å². The summed E-state index contributed by atoms with van der Waals surface area (Å²) in [5, 5.41) is 11.2. The van der Waals surface area contributed by atoms with Crippen LogP contribution < -0.4 is 0 Å². The Bertz CT molecular complexity index is 880. The highest BCUT2D eigenvalue weighted by molar-refractivity contribution is 6.32. The molecule has 0 heterocycles. The SMILES string of the molecule is C=C(C)[C@H]1CC23C(=O)C(C(=O)C(C)C)=C(O)C(CC=C(C)C)(CC2C1(C)C)C3=O. The number of Topliss-reactive ketones (excluding diaryl/α,β-unsaturated/α-hetero) is 3. The third-order valence-electron chi connectivity index (χ3n) is 7.86. The van der Waals surface area contributed by atoms with Crippen LogP contribution in [0.5, 0.6) is 0 Å². The monoisotopic (exact) mass is 398 g/mol. The molecule has 0 aromatic carbocycles. The molecular weight excluding hydrogens is 364 g/mol. The van der Waals surface area contributed by atoms with Crippen molar-refractivity contribution in [3.8, 4) is 0 Å². The smallest absolute Gasteiger partial charge is 0.183 e. The number of hydrogen-bond donors (Lipinski definition) is 1. The first-order chi connectivity index (χ1) is 13.2. The number of ketones is 3. The minimum Gasteiger partial charge on any atom is -0.510 e. The van der Waals surface area contributed by atoms with E-state index < -0.39 is 22.5 Å². The van der Waals surface area contributed by atoms with E-state index in [1.165, 1.54) is 0 Å². The van der Waals surface area contributed by atoms with Crippen molar-refractivity contribution >= 4 is 17.3 Å². The summed E-state index contributed by atoms with van der Waals surface area (Å²) in [5.41, 5.74) is -0.839. The van der Waals surface area contributed by atoms with Gasteiger partial charge in [0.2, 0.25) is 0 Å². The fraction of sp³-hybridized carbons (Fsp3) is 0.640. The lowest BCUT2D eigenvalue weighted by Crippen LogP contribution is -2.50. The maximum atomic E-state index is 14.0. The number of carbonyl (C=O) groups excluding carboxylic acids is 3. The van der Waals surface area contributed by atoms with E-state index in [1.54, 1.807) is 13.8 Å². The third kappa shape index (κ3) is 2.60. The Morgan fingerprint density at radius 3 is 2.28 bits per heavy atom. The molecule has 29 heavy (non-hydrogen) atoms. The molecule has 3 rings (SSSR count). The van der Waals surface area contributed by atoms with Crippen molar-refractivity contribution in [1.82, 2.24) is 0 Å². The maximum Gasteiger partial charge on any atom is 0.183 e. The van der Waals surface area contributed by atoms with E-state index in [9.17, 15) is 19.5 Å². The number of allylic oxidation sites excluding steroid dienone is 5. The predicted octanol–water partition coefficient (Wildman–Crippen LogP) is 5.15. The quantitative estimate of drug-likeness (QED) is 0.395. The summed E-state index contributed by atoms with van der Waals surface area (Å²) in [4.78, 5) is 40.7. The summed E-state index contributed by atoms with van der Waals surface area (Å²) in [6, 6.07) is 0. The number of aliphatic hydroxyl groups excluding tert-OH is 1. The number of hydrogen-bond acceptors (Lipinski definition) is 4. The molecule has 0 radical (unpaired) electrons. The predicted molar refractivity (Wildman–Crippen MR) is 113 cm³/mol. The number of aliphatic hydroxyl groups is 1. The second-order valence-corrected chi connectivity index (χ2v) is 10.6. The van der Waals surface area contributed by atoms with Crippen molar-refractivity contribution < 1.29 is 19.5 Å². The second-order valence-electron chi connectivity index (χ2n) is 10.6. The first-order valence-corrected chi connectivity index (χ1v) is 10.6. The molecule has 1 N–H and O–H groups in total. The van der Waals surface area contributed by atoms with Crippen molar-refractivity contribution in [2.24, 2.45) is 34.0 Å². The molecule has 2 saturated carbocycles. The number of rotatable bonds is 5. The molecule has 0 aromatic rings. The maximum absolute atomic E-state index is 14.0. The highest BCUT2D eigenvalue weighted by Gasteiger charge is 2.77. The van der Waals surface area contributed by atoms with Crippen LogP contribution in [0.1, 0.15) is 67.7 Å². The minimum atomic E-state index is -1.23. The van der Waals surface area contributed by atoms with Gasteiger partial charge < -0.3 is 5.11 Å². The molecule has 4 heteroatoms. The molecule has 1 spiro atoms. The lowest BCUT2D eigenvalue weighted by Gasteiger charge is -2.37. The molecule has 0 aromatic heterocycles. The van der Waals surface area contributed by atoms with E-state index in [-0.39, 0.29) is 40.1 Å². The number of carbonyl (C=O) groups is 3. The van der Waals surface area contributed by atoms with E-state index >= 15 is 0 Å². The lowest BCUT2D eigenvalue weighted by molar-refractivity contribution is -0.144. The first kappa shape index (κ1) is 21.7. The fourth-order valence-electron chi connectivity index (χ4n) is 6.27. The molecule has 0 saturated heterocycles. The zero-order chi connectivity index (χ0) is 22.1. The van der Waals surface area contributed by atoms with Gasteiger partial charge in [-0.25, -0.2) is 0 Å². The Hall–Kier alpha value is -1.97. The Kier molecular flexibility index (Phi) is 4.88. The molecule has 0 amide bonds. The van der Waals surface area contributed by atoms with E-state index in [1.807, 2.05) is 26.8 Å². The minimum absolute atomic E-state index is 0.0255. The van der Waals surface area contributed by atoms with Crippen LogP contribution in [0.3, 0.4) is 0 Å². The van der Waals surface area contributed by atoms with Crippen LogP contribution in [-0.4, -0.2) is 22.5 Å². The van der Waals surface area contributed by atoms with Gasteiger partial charge in [0.25, 0.3) is 0 Å². The van der Waals surface area contributed by atoms with Crippen LogP contribution in [0.4, 0.5) is 0 Å². The third-order valence-corrected chi connectivity index (χ3v) is 7.86. The van der Waals surface area contributed by atoms with Gasteiger partial charge in [-0.1, -0.05) is 51.5 Å². The summed E-state index contributed by atoms with van der Waals surface area (Å²) in [6.45, 7) is 17.6. The Labute approximate surface area is 174 Å². The second kappa shape index (κ2) is 6.52. The Morgan fingerprint density at radius 1 is 1.21 bits per heavy atom. The molecule has 2 bridgehead atoms. The topological polar surface area (TPSA) is 71.4 Å². The average molecular weight is 399 g/mol. The first-order valence-electron chi connectivity index (χ1n) is 10.6. The largest absolute Gasteiger partial charge is 0.510 e. The van der Waals surface area contributed by atoms with Crippen LogP contribution in [0.15, 0.2) is 35.1 Å². The zero-order valence-electron chi connectivity index (χ0n) is 18.8. The molecule has 2 fully saturated rings. The van der Waals surface area contributed by atoms with Gasteiger partial charge in [0, 0.05) is 5.92 Å². The summed E-state index contributed by atoms with van der Waals surface area (Å²) in [7, 11) is 0. The van der Waals surface area contributed by atoms with Gasteiger partial charge in [-0.15, -0.1) is 0 Å². The highest BCUT2D eigenvalue weighted by atomic mass is 16.3. The Morgan fingerprint density at radius 2 is 1.79 bits per heavy atom. The molecule has 4 nitrogen and oxygen atoms in total. The van der Waals surface area contributed by atoms with Gasteiger partial charge >= 0.3 is 0 Å². The van der Waals surface area contributed by atoms with Gasteiger partial charge in [0.05, 0.1) is 10.8 Å². The van der Waals surface area contributed by atoms with E-state index in [0.29, 0.717) is 19.3 Å². The van der Waals surface area contributed by atoms with Crippen LogP contribution in [0.2, 0.25) is 0 Å². The summed E-state index contributed by atoms with van der Waals surface area (Å²) in [6.07, 6.45) is 3.06. The summed E-state index contributed by atoms with van der Waals surface area (Å²) < 4.78 is 0. The lowest BCUT2D eigenvalue weighted by atomic mass is 9.62. The van der Waals surface area contributed by atoms with Crippen LogP contribution in [0.25, 0.3) is 0 Å². The molecular formula is C25H34O4. The van der Waals surface area contributed by atoms with Gasteiger partial charge in [0.15, 0.2) is 17.3 Å². The normalized spacial score (nSPS) is 35.2. The zero-order valence-corrected chi connectivity index (χ0v) is 18.8. The number of fused-ring (bicyclic) bond motifs is 1. The molecule has 3 aliphatic carbocycles. The molecule has 3 unspecified atom stereocenters. The van der Waals surface area contributed by atoms with Crippen molar-refractivity contribution in [1.29, 1.82) is 0 Å². The van der Waals surface area contributed by atoms with Crippen LogP contribution >= 0.6 is 0 Å². The van der Waals surface area contributed by atoms with E-state index in [4.69, 9.17) is 0 Å². The Balaban J connectivity index is 2.30. The van der Waals surface area contributed by atoms with Gasteiger partial charge in [-0.3, -0.25) is 14.4 Å². The van der Waals surface area contributed by atoms with Crippen LogP contribution in [-0.2, 0) is 14.4 Å². The van der Waals surface area contributed by atoms with E-state index in [0.717, 1.165) is 11.1 Å².